The van der Waals surface area contributed by atoms with E-state index in [1.54, 1.807) is 35.7 Å². The summed E-state index contributed by atoms with van der Waals surface area (Å²) >= 11 is 0. The molecule has 6 heterocycles. The molecule has 0 aliphatic carbocycles. The summed E-state index contributed by atoms with van der Waals surface area (Å²) in [5.74, 6) is 0.105. The van der Waals surface area contributed by atoms with Crippen LogP contribution < -0.4 is 5.73 Å². The molecule has 7 rings (SSSR count). The van der Waals surface area contributed by atoms with Crippen LogP contribution in [0.5, 0.6) is 0 Å². The standard InChI is InChI=1S/C23H28BN7O11P2/c1-24-43(34)37-6-13-19(17(33)22(39-13)30-9-28-11-4-2-3-5-12(11)30)42-44(35,36)38-7-14-18(41-43)16(32)23(40-14)31-10-29-15-20(25)26-8-27-21(15)31/h2-5,8-10,13-14,16-19,22-24,32-33H,6-7H2,1H3,(H,35,36)(H2,25,26,27). The number of aromatic nitrogens is 6. The number of para-hydroxylation sites is 2. The molecule has 10 atom stereocenters. The Bertz CT molecular complexity index is 1790. The van der Waals surface area contributed by atoms with Crippen LogP contribution in [0, 0.1) is 0 Å². The molecule has 5 N–H and O–H groups in total. The van der Waals surface area contributed by atoms with Crippen molar-refractivity contribution < 1.29 is 51.8 Å². The quantitative estimate of drug-likeness (QED) is 0.174. The van der Waals surface area contributed by atoms with Gasteiger partial charge in [-0.3, -0.25) is 18.2 Å². The van der Waals surface area contributed by atoms with Gasteiger partial charge >= 0.3 is 7.82 Å². The van der Waals surface area contributed by atoms with Gasteiger partial charge in [-0.05, 0) is 12.1 Å². The van der Waals surface area contributed by atoms with Gasteiger partial charge in [0.25, 0.3) is 14.5 Å². The first kappa shape index (κ1) is 29.9. The average Bonchev–Trinajstić information content (AvgIpc) is 3.76. The molecule has 21 heteroatoms. The molecule has 1 aromatic carbocycles. The normalized spacial score (nSPS) is 38.2. The zero-order chi connectivity index (χ0) is 30.8. The first-order chi connectivity index (χ1) is 21.1. The largest absolute Gasteiger partial charge is 0.472 e. The lowest BCUT2D eigenvalue weighted by Crippen LogP contribution is -2.39. The molecule has 234 valence electrons. The van der Waals surface area contributed by atoms with Gasteiger partial charge in [-0.2, -0.15) is 0 Å². The summed E-state index contributed by atoms with van der Waals surface area (Å²) in [6.45, 7) is 0.363. The molecule has 0 spiro atoms. The number of hydrogen-bond donors (Lipinski definition) is 4. The molecule has 0 radical (unpaired) electrons. The van der Waals surface area contributed by atoms with Crippen LogP contribution in [-0.4, -0.2) is 101 Å². The van der Waals surface area contributed by atoms with E-state index in [2.05, 4.69) is 19.9 Å². The minimum Gasteiger partial charge on any atom is -0.386 e. The molecule has 0 bridgehead atoms. The van der Waals surface area contributed by atoms with E-state index in [1.807, 2.05) is 0 Å². The summed E-state index contributed by atoms with van der Waals surface area (Å²) in [5.41, 5.74) is 7.65. The number of ether oxygens (including phenoxy) is 2. The van der Waals surface area contributed by atoms with Crippen LogP contribution in [0.25, 0.3) is 22.2 Å². The monoisotopic (exact) mass is 651 g/mol. The second-order valence-electron chi connectivity index (χ2n) is 10.5. The van der Waals surface area contributed by atoms with Crippen molar-refractivity contribution in [2.45, 2.75) is 55.9 Å². The van der Waals surface area contributed by atoms with Crippen molar-refractivity contribution >= 4 is 50.3 Å². The number of phosphoric acid groups is 1. The van der Waals surface area contributed by atoms with E-state index in [0.717, 1.165) is 0 Å². The van der Waals surface area contributed by atoms with Gasteiger partial charge in [0.05, 0.1) is 36.9 Å². The predicted octanol–water partition coefficient (Wildman–Crippen LogP) is 0.485. The second kappa shape index (κ2) is 11.2. The molecule has 0 saturated carbocycles. The summed E-state index contributed by atoms with van der Waals surface area (Å²) in [4.78, 5) is 27.2. The smallest absolute Gasteiger partial charge is 0.386 e. The Morgan fingerprint density at radius 3 is 2.32 bits per heavy atom. The molecule has 44 heavy (non-hydrogen) atoms. The fourth-order valence-corrected chi connectivity index (χ4v) is 7.95. The van der Waals surface area contributed by atoms with Crippen molar-refractivity contribution in [1.82, 2.24) is 29.1 Å². The Morgan fingerprint density at radius 2 is 1.57 bits per heavy atom. The van der Waals surface area contributed by atoms with Gasteiger partial charge < -0.3 is 43.9 Å². The van der Waals surface area contributed by atoms with Gasteiger partial charge in [-0.15, -0.1) is 0 Å². The zero-order valence-corrected chi connectivity index (χ0v) is 24.8. The number of hydrogen-bond acceptors (Lipinski definition) is 15. The van der Waals surface area contributed by atoms with Crippen molar-refractivity contribution in [3.05, 3.63) is 43.2 Å². The van der Waals surface area contributed by atoms with E-state index >= 15 is 0 Å². The maximum Gasteiger partial charge on any atom is 0.472 e. The topological polar surface area (TPSA) is 238 Å². The van der Waals surface area contributed by atoms with Crippen LogP contribution in [0.2, 0.25) is 6.82 Å². The molecular formula is C23H28BN7O11P2. The first-order valence-corrected chi connectivity index (χ1v) is 16.9. The van der Waals surface area contributed by atoms with Crippen molar-refractivity contribution in [3.63, 3.8) is 0 Å². The Kier molecular flexibility index (Phi) is 7.62. The number of aliphatic hydroxyl groups excluding tert-OH is 2. The van der Waals surface area contributed by atoms with Crippen molar-refractivity contribution in [2.24, 2.45) is 0 Å². The Morgan fingerprint density at radius 1 is 0.909 bits per heavy atom. The van der Waals surface area contributed by atoms with Crippen LogP contribution in [0.15, 0.2) is 43.2 Å². The maximum atomic E-state index is 13.9. The molecule has 10 unspecified atom stereocenters. The van der Waals surface area contributed by atoms with Crippen molar-refractivity contribution in [1.29, 1.82) is 0 Å². The first-order valence-electron chi connectivity index (χ1n) is 13.7. The number of anilines is 1. The van der Waals surface area contributed by atoms with Crippen LogP contribution in [0.3, 0.4) is 0 Å². The van der Waals surface area contributed by atoms with E-state index < -0.39 is 77.6 Å². The molecule has 3 aliphatic heterocycles. The highest BCUT2D eigenvalue weighted by Gasteiger charge is 2.53. The fourth-order valence-electron chi connectivity index (χ4n) is 5.59. The van der Waals surface area contributed by atoms with Gasteiger partial charge in [0.15, 0.2) is 23.9 Å². The number of nitrogens with zero attached hydrogens (tertiary/aromatic N) is 6. The Labute approximate surface area is 249 Å². The van der Waals surface area contributed by atoms with Gasteiger partial charge in [0.2, 0.25) is 0 Å². The number of nitrogen functional groups attached to an aromatic ring is 1. The number of rotatable bonds is 3. The van der Waals surface area contributed by atoms with E-state index in [-0.39, 0.29) is 24.0 Å². The lowest BCUT2D eigenvalue weighted by Gasteiger charge is -2.29. The zero-order valence-electron chi connectivity index (χ0n) is 23.0. The van der Waals surface area contributed by atoms with Crippen molar-refractivity contribution in [3.8, 4) is 0 Å². The summed E-state index contributed by atoms with van der Waals surface area (Å²) in [6.07, 6.45) is -6.47. The lowest BCUT2D eigenvalue weighted by molar-refractivity contribution is -0.0615. The van der Waals surface area contributed by atoms with Gasteiger partial charge in [0.1, 0.15) is 48.5 Å². The van der Waals surface area contributed by atoms with Crippen LogP contribution in [0.1, 0.15) is 12.5 Å². The second-order valence-corrected chi connectivity index (χ2v) is 14.2. The van der Waals surface area contributed by atoms with E-state index in [0.29, 0.717) is 11.0 Å². The number of benzene rings is 1. The van der Waals surface area contributed by atoms with E-state index in [9.17, 15) is 24.2 Å². The molecular weight excluding hydrogens is 623 g/mol. The highest BCUT2D eigenvalue weighted by Crippen LogP contribution is 2.54. The predicted molar refractivity (Wildman–Crippen MR) is 151 cm³/mol. The maximum absolute atomic E-state index is 13.9. The number of nitrogens with two attached hydrogens (primary N) is 1. The number of phosphoric ester groups is 1. The average molecular weight is 651 g/mol. The highest BCUT2D eigenvalue weighted by molar-refractivity contribution is 7.83. The summed E-state index contributed by atoms with van der Waals surface area (Å²) < 4.78 is 64.4. The van der Waals surface area contributed by atoms with Gasteiger partial charge in [-0.1, -0.05) is 19.0 Å². The Hall–Kier alpha value is -2.80. The SMILES string of the molecule is CBP1(=O)OCC2OC(n3cnc4ccccc43)C(O)C2OP(=O)(O)OCC2OC(n3cnc4c(N)ncnc43)C(O)C2O1. The number of imidazole rings is 2. The third-order valence-corrected chi connectivity index (χ3v) is 10.7. The third-order valence-electron chi connectivity index (χ3n) is 7.80. The number of fused-ring (bicyclic) bond motifs is 4. The third kappa shape index (κ3) is 5.17. The minimum atomic E-state index is -4.89. The minimum absolute atomic E-state index is 0.105. The van der Waals surface area contributed by atoms with E-state index in [4.69, 9.17) is 33.3 Å². The molecule has 4 aromatic rings. The Balaban J connectivity index is 1.18. The van der Waals surface area contributed by atoms with Crippen LogP contribution >= 0.6 is 15.3 Å². The van der Waals surface area contributed by atoms with Crippen molar-refractivity contribution in [2.75, 3.05) is 18.9 Å². The molecule has 3 fully saturated rings. The number of aliphatic hydroxyl groups is 2. The molecule has 3 aromatic heterocycles. The summed E-state index contributed by atoms with van der Waals surface area (Å²) in [6, 6.07) is 7.13. The highest BCUT2D eigenvalue weighted by atomic mass is 31.2. The molecule has 0 amide bonds. The van der Waals surface area contributed by atoms with Gasteiger partial charge in [-0.25, -0.2) is 24.5 Å². The molecule has 18 nitrogen and oxygen atoms in total. The molecule has 3 saturated heterocycles. The van der Waals surface area contributed by atoms with E-state index in [1.165, 1.54) is 23.5 Å². The van der Waals surface area contributed by atoms with Crippen LogP contribution in [0.4, 0.5) is 5.82 Å². The molecule has 3 aliphatic rings. The lowest BCUT2D eigenvalue weighted by atomic mass is 10.1. The fraction of sp³-hybridized carbons (Fsp3) is 0.478. The summed E-state index contributed by atoms with van der Waals surface area (Å²) in [5, 5.41) is 22.6. The summed E-state index contributed by atoms with van der Waals surface area (Å²) in [7, 11) is -8.86. The van der Waals surface area contributed by atoms with Gasteiger partial charge in [0, 0.05) is 0 Å². The van der Waals surface area contributed by atoms with Crippen LogP contribution in [-0.2, 0) is 36.7 Å².